The molecule has 0 aliphatic heterocycles. The summed E-state index contributed by atoms with van der Waals surface area (Å²) in [4.78, 5) is 0. The monoisotopic (exact) mass is 198 g/mol. The molecule has 0 aromatic carbocycles. The second-order valence-electron chi connectivity index (χ2n) is 3.78. The van der Waals surface area contributed by atoms with Crippen LogP contribution >= 0.6 is 0 Å². The molecule has 1 rings (SSSR count). The molecule has 0 bridgehead atoms. The molecule has 0 saturated heterocycles. The van der Waals surface area contributed by atoms with E-state index in [0.717, 1.165) is 12.2 Å². The molecule has 1 atom stereocenters. The average molecular weight is 198 g/mol. The summed E-state index contributed by atoms with van der Waals surface area (Å²) in [7, 11) is 1.59. The zero-order chi connectivity index (χ0) is 10.8. The first-order valence-corrected chi connectivity index (χ1v) is 4.78. The Hall–Kier alpha value is -0.870. The van der Waals surface area contributed by atoms with Crippen LogP contribution in [0.15, 0.2) is 12.3 Å². The Balaban J connectivity index is 2.94. The van der Waals surface area contributed by atoms with Crippen molar-refractivity contribution in [1.29, 1.82) is 0 Å². The number of methoxy groups -OCH3 is 1. The van der Waals surface area contributed by atoms with E-state index in [2.05, 4.69) is 5.10 Å². The molecule has 1 unspecified atom stereocenters. The molecule has 4 heteroatoms. The maximum absolute atomic E-state index is 10.1. The van der Waals surface area contributed by atoms with E-state index in [9.17, 15) is 5.11 Å². The van der Waals surface area contributed by atoms with Crippen LogP contribution in [0.25, 0.3) is 0 Å². The molecule has 0 saturated carbocycles. The number of nitrogens with zero attached hydrogens (tertiary/aromatic N) is 2. The standard InChI is InChI=1S/C10H18N2O2/c1-5-12-8(6-7-11-12)9(13)10(2,3)14-4/h6-7,9,13H,5H2,1-4H3. The molecule has 1 heterocycles. The third-order valence-electron chi connectivity index (χ3n) is 2.51. The number of hydrogen-bond donors (Lipinski definition) is 1. The van der Waals surface area contributed by atoms with Gasteiger partial charge >= 0.3 is 0 Å². The lowest BCUT2D eigenvalue weighted by atomic mass is 9.99. The largest absolute Gasteiger partial charge is 0.384 e. The number of aliphatic hydroxyl groups excluding tert-OH is 1. The smallest absolute Gasteiger partial charge is 0.124 e. The van der Waals surface area contributed by atoms with E-state index < -0.39 is 11.7 Å². The van der Waals surface area contributed by atoms with Crippen LogP contribution in [0.4, 0.5) is 0 Å². The van der Waals surface area contributed by atoms with Gasteiger partial charge in [-0.15, -0.1) is 0 Å². The second-order valence-corrected chi connectivity index (χ2v) is 3.78. The van der Waals surface area contributed by atoms with Crippen LogP contribution in [0.2, 0.25) is 0 Å². The minimum Gasteiger partial charge on any atom is -0.384 e. The van der Waals surface area contributed by atoms with Crippen molar-refractivity contribution in [2.75, 3.05) is 7.11 Å². The van der Waals surface area contributed by atoms with E-state index >= 15 is 0 Å². The van der Waals surface area contributed by atoms with E-state index in [0.29, 0.717) is 0 Å². The fraction of sp³-hybridized carbons (Fsp3) is 0.700. The van der Waals surface area contributed by atoms with Crippen LogP contribution in [0.5, 0.6) is 0 Å². The molecular weight excluding hydrogens is 180 g/mol. The summed E-state index contributed by atoms with van der Waals surface area (Å²) in [6, 6.07) is 1.81. The Labute approximate surface area is 84.5 Å². The highest BCUT2D eigenvalue weighted by Gasteiger charge is 2.30. The van der Waals surface area contributed by atoms with Crippen molar-refractivity contribution >= 4 is 0 Å². The summed E-state index contributed by atoms with van der Waals surface area (Å²) < 4.78 is 7.00. The molecule has 0 amide bonds. The van der Waals surface area contributed by atoms with Gasteiger partial charge in [0.2, 0.25) is 0 Å². The van der Waals surface area contributed by atoms with E-state index in [1.807, 2.05) is 26.8 Å². The first kappa shape index (κ1) is 11.2. The van der Waals surface area contributed by atoms with Crippen molar-refractivity contribution in [3.05, 3.63) is 18.0 Å². The Morgan fingerprint density at radius 1 is 1.64 bits per heavy atom. The maximum atomic E-state index is 10.1. The van der Waals surface area contributed by atoms with Gasteiger partial charge in [0.25, 0.3) is 0 Å². The fourth-order valence-electron chi connectivity index (χ4n) is 1.31. The minimum atomic E-state index is -0.657. The van der Waals surface area contributed by atoms with E-state index in [-0.39, 0.29) is 0 Å². The van der Waals surface area contributed by atoms with Crippen molar-refractivity contribution in [1.82, 2.24) is 9.78 Å². The minimum absolute atomic E-state index is 0.590. The topological polar surface area (TPSA) is 47.3 Å². The van der Waals surface area contributed by atoms with E-state index in [1.54, 1.807) is 18.0 Å². The number of aryl methyl sites for hydroxylation is 1. The van der Waals surface area contributed by atoms with Crippen LogP contribution in [0, 0.1) is 0 Å². The lowest BCUT2D eigenvalue weighted by molar-refractivity contribution is -0.0826. The summed E-state index contributed by atoms with van der Waals surface area (Å²) in [6.45, 7) is 6.44. The molecular formula is C10H18N2O2. The van der Waals surface area contributed by atoms with Gasteiger partial charge in [-0.2, -0.15) is 5.10 Å². The van der Waals surface area contributed by atoms with E-state index in [4.69, 9.17) is 4.74 Å². The molecule has 4 nitrogen and oxygen atoms in total. The van der Waals surface area contributed by atoms with Crippen LogP contribution in [-0.4, -0.2) is 27.6 Å². The van der Waals surface area contributed by atoms with Crippen molar-refractivity contribution in [3.63, 3.8) is 0 Å². The summed E-state index contributed by atoms with van der Waals surface area (Å²) in [5.41, 5.74) is 0.201. The van der Waals surface area contributed by atoms with Gasteiger partial charge < -0.3 is 9.84 Å². The summed E-state index contributed by atoms with van der Waals surface area (Å²) in [6.07, 6.45) is 1.03. The predicted octanol–water partition coefficient (Wildman–Crippen LogP) is 1.36. The zero-order valence-electron chi connectivity index (χ0n) is 9.19. The maximum Gasteiger partial charge on any atom is 0.124 e. The number of rotatable bonds is 4. The van der Waals surface area contributed by atoms with Crippen molar-refractivity contribution in [3.8, 4) is 0 Å². The molecule has 1 aromatic heterocycles. The normalized spacial score (nSPS) is 14.4. The van der Waals surface area contributed by atoms with Crippen LogP contribution in [0.1, 0.15) is 32.6 Å². The van der Waals surface area contributed by atoms with E-state index in [1.165, 1.54) is 0 Å². The van der Waals surface area contributed by atoms with Crippen LogP contribution in [0.3, 0.4) is 0 Å². The quantitative estimate of drug-likeness (QED) is 0.794. The van der Waals surface area contributed by atoms with Crippen LogP contribution < -0.4 is 0 Å². The highest BCUT2D eigenvalue weighted by molar-refractivity contribution is 5.08. The van der Waals surface area contributed by atoms with Gasteiger partial charge in [-0.05, 0) is 26.8 Å². The summed E-state index contributed by atoms with van der Waals surface area (Å²) in [5.74, 6) is 0. The first-order chi connectivity index (χ1) is 6.53. The molecule has 0 aliphatic rings. The molecule has 80 valence electrons. The number of ether oxygens (including phenoxy) is 1. The average Bonchev–Trinajstić information content (AvgIpc) is 2.64. The molecule has 0 fully saturated rings. The SMILES string of the molecule is CCn1nccc1C(O)C(C)(C)OC. The van der Waals surface area contributed by atoms with Gasteiger partial charge in [-0.1, -0.05) is 0 Å². The molecule has 0 radical (unpaired) electrons. The van der Waals surface area contributed by atoms with Gasteiger partial charge in [0.05, 0.1) is 11.3 Å². The first-order valence-electron chi connectivity index (χ1n) is 4.78. The third kappa shape index (κ3) is 1.96. The lowest BCUT2D eigenvalue weighted by Gasteiger charge is -2.29. The summed E-state index contributed by atoms with van der Waals surface area (Å²) in [5, 5.41) is 14.2. The Morgan fingerprint density at radius 3 is 2.79 bits per heavy atom. The second kappa shape index (κ2) is 4.11. The predicted molar refractivity (Wildman–Crippen MR) is 53.9 cm³/mol. The third-order valence-corrected chi connectivity index (χ3v) is 2.51. The number of aromatic nitrogens is 2. The van der Waals surface area contributed by atoms with Gasteiger partial charge in [0.15, 0.2) is 0 Å². The zero-order valence-corrected chi connectivity index (χ0v) is 9.19. The number of aliphatic hydroxyl groups is 1. The number of hydrogen-bond acceptors (Lipinski definition) is 3. The van der Waals surface area contributed by atoms with Crippen molar-refractivity contribution in [2.45, 2.75) is 39.0 Å². The van der Waals surface area contributed by atoms with Gasteiger partial charge in [-0.25, -0.2) is 0 Å². The van der Waals surface area contributed by atoms with Gasteiger partial charge in [0, 0.05) is 19.9 Å². The molecule has 1 N–H and O–H groups in total. The van der Waals surface area contributed by atoms with Crippen LogP contribution in [-0.2, 0) is 11.3 Å². The lowest BCUT2D eigenvalue weighted by Crippen LogP contribution is -2.32. The molecule has 0 aliphatic carbocycles. The highest BCUT2D eigenvalue weighted by Crippen LogP contribution is 2.27. The Bertz CT molecular complexity index is 294. The summed E-state index contributed by atoms with van der Waals surface area (Å²) >= 11 is 0. The van der Waals surface area contributed by atoms with Crippen molar-refractivity contribution < 1.29 is 9.84 Å². The highest BCUT2D eigenvalue weighted by atomic mass is 16.5. The Morgan fingerprint density at radius 2 is 2.29 bits per heavy atom. The van der Waals surface area contributed by atoms with Crippen molar-refractivity contribution in [2.24, 2.45) is 0 Å². The molecule has 0 spiro atoms. The molecule has 1 aromatic rings. The fourth-order valence-corrected chi connectivity index (χ4v) is 1.31. The Kier molecular flexibility index (Phi) is 3.29. The van der Waals surface area contributed by atoms with Gasteiger partial charge in [0.1, 0.15) is 6.10 Å². The van der Waals surface area contributed by atoms with Gasteiger partial charge in [-0.3, -0.25) is 4.68 Å². The molecule has 14 heavy (non-hydrogen) atoms.